The van der Waals surface area contributed by atoms with E-state index in [0.717, 1.165) is 10.4 Å². The summed E-state index contributed by atoms with van der Waals surface area (Å²) in [7, 11) is -4.02. The van der Waals surface area contributed by atoms with Crippen molar-refractivity contribution in [1.82, 2.24) is 9.62 Å². The lowest BCUT2D eigenvalue weighted by Crippen LogP contribution is -2.59. The van der Waals surface area contributed by atoms with Crippen LogP contribution in [0, 0.1) is 0 Å². The van der Waals surface area contributed by atoms with E-state index in [0.29, 0.717) is 0 Å². The molecule has 1 aliphatic heterocycles. The first-order valence-electron chi connectivity index (χ1n) is 6.01. The van der Waals surface area contributed by atoms with Gasteiger partial charge < -0.3 is 5.11 Å². The van der Waals surface area contributed by atoms with Crippen LogP contribution in [0.2, 0.25) is 0 Å². The predicted molar refractivity (Wildman–Crippen MR) is 69.2 cm³/mol. The van der Waals surface area contributed by atoms with Crippen LogP contribution in [0.3, 0.4) is 0 Å². The van der Waals surface area contributed by atoms with Crippen molar-refractivity contribution < 1.29 is 23.1 Å². The third-order valence-electron chi connectivity index (χ3n) is 3.02. The van der Waals surface area contributed by atoms with Crippen molar-refractivity contribution in [2.45, 2.75) is 24.3 Å². The lowest BCUT2D eigenvalue weighted by molar-refractivity contribution is -0.137. The van der Waals surface area contributed by atoms with E-state index >= 15 is 0 Å². The average molecular weight is 298 g/mol. The van der Waals surface area contributed by atoms with Gasteiger partial charge in [-0.25, -0.2) is 8.42 Å². The summed E-state index contributed by atoms with van der Waals surface area (Å²) >= 11 is 0. The van der Waals surface area contributed by atoms with Gasteiger partial charge in [0, 0.05) is 0 Å². The molecule has 1 aromatic carbocycles. The van der Waals surface area contributed by atoms with E-state index in [9.17, 15) is 23.1 Å². The third kappa shape index (κ3) is 2.52. The number of benzene rings is 1. The van der Waals surface area contributed by atoms with Crippen molar-refractivity contribution in [2.24, 2.45) is 0 Å². The smallest absolute Gasteiger partial charge is 0.245 e. The molecule has 0 aliphatic carbocycles. The molecule has 7 nitrogen and oxygen atoms in total. The number of piperazine rings is 1. The fourth-order valence-corrected chi connectivity index (χ4v) is 3.72. The van der Waals surface area contributed by atoms with Gasteiger partial charge in [-0.1, -0.05) is 13.0 Å². The number of hydrogen-bond acceptors (Lipinski definition) is 5. The standard InChI is InChI=1S/C12H14N2O5S/c1-2-10-12(17)13-11(16)7-14(10)20(18,19)9-5-3-4-8(15)6-9/h3-6,10,15H,2,7H2,1H3,(H,13,16,17). The van der Waals surface area contributed by atoms with Crippen LogP contribution in [0.25, 0.3) is 0 Å². The molecule has 0 spiro atoms. The maximum absolute atomic E-state index is 12.5. The highest BCUT2D eigenvalue weighted by atomic mass is 32.2. The molecule has 8 heteroatoms. The summed E-state index contributed by atoms with van der Waals surface area (Å²) in [6.07, 6.45) is 0.247. The largest absolute Gasteiger partial charge is 0.508 e. The Hall–Kier alpha value is -1.93. The fourth-order valence-electron chi connectivity index (χ4n) is 2.06. The quantitative estimate of drug-likeness (QED) is 0.753. The number of nitrogens with one attached hydrogen (secondary N) is 1. The van der Waals surface area contributed by atoms with Gasteiger partial charge in [0.05, 0.1) is 11.4 Å². The first-order valence-corrected chi connectivity index (χ1v) is 7.45. The number of amides is 2. The number of imide groups is 1. The Balaban J connectivity index is 2.46. The Morgan fingerprint density at radius 2 is 2.10 bits per heavy atom. The van der Waals surface area contributed by atoms with Crippen LogP contribution < -0.4 is 5.32 Å². The summed E-state index contributed by atoms with van der Waals surface area (Å²) < 4.78 is 25.8. The topological polar surface area (TPSA) is 104 Å². The van der Waals surface area contributed by atoms with E-state index in [4.69, 9.17) is 0 Å². The molecule has 0 saturated carbocycles. The summed E-state index contributed by atoms with van der Waals surface area (Å²) in [5, 5.41) is 11.5. The second-order valence-corrected chi connectivity index (χ2v) is 6.27. The number of carbonyl (C=O) groups excluding carboxylic acids is 2. The SMILES string of the molecule is CCC1C(=O)NC(=O)CN1S(=O)(=O)c1cccc(O)c1. The molecule has 2 N–H and O–H groups in total. The number of phenols is 1. The van der Waals surface area contributed by atoms with Crippen LogP contribution in [-0.4, -0.2) is 42.2 Å². The number of aromatic hydroxyl groups is 1. The minimum absolute atomic E-state index is 0.154. The molecule has 0 aromatic heterocycles. The summed E-state index contributed by atoms with van der Waals surface area (Å²) in [6.45, 7) is 1.24. The van der Waals surface area contributed by atoms with E-state index in [1.807, 2.05) is 0 Å². The zero-order chi connectivity index (χ0) is 14.9. The zero-order valence-electron chi connectivity index (χ0n) is 10.7. The minimum Gasteiger partial charge on any atom is -0.508 e. The van der Waals surface area contributed by atoms with Gasteiger partial charge in [-0.15, -0.1) is 0 Å². The Labute approximate surface area is 116 Å². The van der Waals surface area contributed by atoms with Crippen LogP contribution in [0.4, 0.5) is 0 Å². The van der Waals surface area contributed by atoms with E-state index in [1.165, 1.54) is 18.2 Å². The van der Waals surface area contributed by atoms with Crippen LogP contribution >= 0.6 is 0 Å². The van der Waals surface area contributed by atoms with Crippen molar-refractivity contribution in [2.75, 3.05) is 6.54 Å². The first kappa shape index (κ1) is 14.5. The number of nitrogens with zero attached hydrogens (tertiary/aromatic N) is 1. The Morgan fingerprint density at radius 3 is 2.70 bits per heavy atom. The number of phenolic OH excluding ortho intramolecular Hbond substituents is 1. The van der Waals surface area contributed by atoms with Crippen molar-refractivity contribution in [3.63, 3.8) is 0 Å². The molecule has 20 heavy (non-hydrogen) atoms. The lowest BCUT2D eigenvalue weighted by atomic mass is 10.2. The van der Waals surface area contributed by atoms with Gasteiger partial charge in [-0.2, -0.15) is 4.31 Å². The van der Waals surface area contributed by atoms with Gasteiger partial charge in [0.1, 0.15) is 11.8 Å². The van der Waals surface area contributed by atoms with Gasteiger partial charge >= 0.3 is 0 Å². The molecule has 0 bridgehead atoms. The first-order chi connectivity index (χ1) is 9.36. The second-order valence-electron chi connectivity index (χ2n) is 4.38. The maximum Gasteiger partial charge on any atom is 0.245 e. The molecular formula is C12H14N2O5S. The van der Waals surface area contributed by atoms with Gasteiger partial charge in [-0.3, -0.25) is 14.9 Å². The Morgan fingerprint density at radius 1 is 1.40 bits per heavy atom. The highest BCUT2D eigenvalue weighted by Gasteiger charge is 2.40. The van der Waals surface area contributed by atoms with Crippen molar-refractivity contribution >= 4 is 21.8 Å². The summed E-state index contributed by atoms with van der Waals surface area (Å²) in [5.74, 6) is -1.50. The van der Waals surface area contributed by atoms with Gasteiger partial charge in [0.25, 0.3) is 0 Å². The van der Waals surface area contributed by atoms with Gasteiger partial charge in [0.2, 0.25) is 21.8 Å². The van der Waals surface area contributed by atoms with Crippen molar-refractivity contribution in [3.05, 3.63) is 24.3 Å². The third-order valence-corrected chi connectivity index (χ3v) is 4.87. The monoisotopic (exact) mass is 298 g/mol. The molecular weight excluding hydrogens is 284 g/mol. The lowest BCUT2D eigenvalue weighted by Gasteiger charge is -2.32. The Kier molecular flexibility index (Phi) is 3.78. The van der Waals surface area contributed by atoms with E-state index in [1.54, 1.807) is 6.92 Å². The van der Waals surface area contributed by atoms with Crippen molar-refractivity contribution in [1.29, 1.82) is 0 Å². The predicted octanol–water partition coefficient (Wildman–Crippen LogP) is -0.182. The molecule has 1 heterocycles. The van der Waals surface area contributed by atoms with Gasteiger partial charge in [-0.05, 0) is 24.6 Å². The van der Waals surface area contributed by atoms with E-state index in [2.05, 4.69) is 5.32 Å². The number of rotatable bonds is 3. The highest BCUT2D eigenvalue weighted by molar-refractivity contribution is 7.89. The molecule has 108 valence electrons. The summed E-state index contributed by atoms with van der Waals surface area (Å²) in [4.78, 5) is 23.0. The summed E-state index contributed by atoms with van der Waals surface area (Å²) in [5.41, 5.74) is 0. The highest BCUT2D eigenvalue weighted by Crippen LogP contribution is 2.24. The molecule has 1 aliphatic rings. The molecule has 2 amide bonds. The number of hydrogen-bond donors (Lipinski definition) is 2. The maximum atomic E-state index is 12.5. The second kappa shape index (κ2) is 5.22. The molecule has 1 saturated heterocycles. The minimum atomic E-state index is -4.02. The number of sulfonamides is 1. The van der Waals surface area contributed by atoms with Crippen LogP contribution in [-0.2, 0) is 19.6 Å². The van der Waals surface area contributed by atoms with Crippen LogP contribution in [0.5, 0.6) is 5.75 Å². The summed E-state index contributed by atoms with van der Waals surface area (Å²) in [6, 6.07) is 4.18. The molecule has 1 unspecified atom stereocenters. The molecule has 1 fully saturated rings. The van der Waals surface area contributed by atoms with Gasteiger partial charge in [0.15, 0.2) is 0 Å². The zero-order valence-corrected chi connectivity index (χ0v) is 11.6. The molecule has 1 aromatic rings. The molecule has 2 rings (SSSR count). The average Bonchev–Trinajstić information content (AvgIpc) is 2.38. The molecule has 0 radical (unpaired) electrons. The van der Waals surface area contributed by atoms with E-state index < -0.39 is 34.4 Å². The normalized spacial score (nSPS) is 20.8. The molecule has 1 atom stereocenters. The number of carbonyl (C=O) groups is 2. The van der Waals surface area contributed by atoms with Crippen molar-refractivity contribution in [3.8, 4) is 5.75 Å². The van der Waals surface area contributed by atoms with E-state index in [-0.39, 0.29) is 17.1 Å². The van der Waals surface area contributed by atoms with Crippen LogP contribution in [0.1, 0.15) is 13.3 Å². The Bertz CT molecular complexity index is 656. The van der Waals surface area contributed by atoms with Crippen LogP contribution in [0.15, 0.2) is 29.2 Å². The fraction of sp³-hybridized carbons (Fsp3) is 0.333.